The second-order valence-electron chi connectivity index (χ2n) is 11.3. The van der Waals surface area contributed by atoms with Gasteiger partial charge in [-0.15, -0.1) is 0 Å². The van der Waals surface area contributed by atoms with Crippen molar-refractivity contribution in [2.45, 2.75) is 45.9 Å². The number of ether oxygens (including phenoxy) is 2. The molecule has 0 saturated carbocycles. The molecule has 0 aliphatic carbocycles. The minimum atomic E-state index is -0.990. The van der Waals surface area contributed by atoms with Crippen LogP contribution in [0.5, 0.6) is 0 Å². The number of esters is 1. The predicted octanol–water partition coefficient (Wildman–Crippen LogP) is 6.31. The van der Waals surface area contributed by atoms with Gasteiger partial charge in [-0.25, -0.2) is 4.79 Å². The van der Waals surface area contributed by atoms with Crippen LogP contribution in [-0.2, 0) is 32.7 Å². The summed E-state index contributed by atoms with van der Waals surface area (Å²) in [6.45, 7) is 7.71. The zero-order chi connectivity index (χ0) is 29.2. The summed E-state index contributed by atoms with van der Waals surface area (Å²) in [4.78, 5) is 30.6. The number of benzene rings is 2. The first-order chi connectivity index (χ1) is 19.5. The Morgan fingerprint density at radius 3 is 2.66 bits per heavy atom. The van der Waals surface area contributed by atoms with E-state index in [0.717, 1.165) is 54.4 Å². The molecule has 0 fully saturated rings. The fraction of sp³-hybridized carbons (Fsp3) is 0.290. The lowest BCUT2D eigenvalue weighted by molar-refractivity contribution is -0.164. The van der Waals surface area contributed by atoms with Gasteiger partial charge < -0.3 is 19.4 Å². The molecule has 6 rings (SSSR count). The molecule has 0 saturated heterocycles. The number of pyridine rings is 1. The highest BCUT2D eigenvalue weighted by Gasteiger charge is 2.35. The lowest BCUT2D eigenvalue weighted by Crippen LogP contribution is -2.30. The van der Waals surface area contributed by atoms with E-state index in [0.29, 0.717) is 11.3 Å². The molecular formula is C31H30BrN5O4. The van der Waals surface area contributed by atoms with E-state index < -0.39 is 17.7 Å². The number of hydrogen-bond donors (Lipinski definition) is 1. The van der Waals surface area contributed by atoms with Crippen molar-refractivity contribution in [1.29, 1.82) is 0 Å². The van der Waals surface area contributed by atoms with Crippen LogP contribution in [0.2, 0.25) is 0 Å². The van der Waals surface area contributed by atoms with Gasteiger partial charge in [0.05, 0.1) is 41.3 Å². The molecule has 2 aromatic carbocycles. The molecule has 0 spiro atoms. The van der Waals surface area contributed by atoms with E-state index in [9.17, 15) is 9.59 Å². The average molecular weight is 617 g/mol. The van der Waals surface area contributed by atoms with Gasteiger partial charge in [-0.1, -0.05) is 6.07 Å². The van der Waals surface area contributed by atoms with Crippen molar-refractivity contribution in [2.24, 2.45) is 7.05 Å². The molecule has 210 valence electrons. The van der Waals surface area contributed by atoms with Gasteiger partial charge in [0.25, 0.3) is 0 Å². The molecule has 4 heterocycles. The summed E-state index contributed by atoms with van der Waals surface area (Å²) < 4.78 is 15.9. The van der Waals surface area contributed by atoms with E-state index in [-0.39, 0.29) is 12.5 Å². The number of nitrogens with one attached hydrogen (secondary N) is 1. The summed E-state index contributed by atoms with van der Waals surface area (Å²) in [5, 5.41) is 9.29. The Morgan fingerprint density at radius 1 is 1.15 bits per heavy atom. The van der Waals surface area contributed by atoms with E-state index in [2.05, 4.69) is 37.4 Å². The first kappa shape index (κ1) is 27.2. The van der Waals surface area contributed by atoms with Gasteiger partial charge in [-0.2, -0.15) is 5.10 Å². The Labute approximate surface area is 245 Å². The van der Waals surface area contributed by atoms with Crippen molar-refractivity contribution in [1.82, 2.24) is 19.3 Å². The summed E-state index contributed by atoms with van der Waals surface area (Å²) in [6, 6.07) is 12.2. The van der Waals surface area contributed by atoms with Crippen LogP contribution in [0.15, 0.2) is 53.3 Å². The lowest BCUT2D eigenvalue weighted by Gasteiger charge is -2.30. The Morgan fingerprint density at radius 2 is 1.93 bits per heavy atom. The van der Waals surface area contributed by atoms with E-state index in [4.69, 9.17) is 9.47 Å². The van der Waals surface area contributed by atoms with Gasteiger partial charge >= 0.3 is 5.97 Å². The zero-order valence-corrected chi connectivity index (χ0v) is 25.3. The molecular weight excluding hydrogens is 586 g/mol. The van der Waals surface area contributed by atoms with Crippen molar-refractivity contribution in [2.75, 3.05) is 12.4 Å². The molecule has 5 aromatic rings. The molecule has 1 aliphatic rings. The standard InChI is InChI=1S/C31H30BrN5O4/c1-16-25(29(30(39)40-6)41-31(2,3)4)26(32)20-13-23(37-15-24(38)35-27(16)28(20)37)18-9-10-33-21(12-18)17-7-8-22-19(11-17)14-34-36(22)5/h7-14,29H,15H2,1-6H3,(H,35,38)/t29-/m0/s1. The van der Waals surface area contributed by atoms with Gasteiger partial charge in [0.2, 0.25) is 5.91 Å². The third kappa shape index (κ3) is 4.61. The second kappa shape index (κ2) is 9.81. The Bertz CT molecular complexity index is 1880. The first-order valence-corrected chi connectivity index (χ1v) is 14.1. The Hall–Kier alpha value is -4.02. The van der Waals surface area contributed by atoms with E-state index in [1.54, 1.807) is 6.20 Å². The molecule has 0 unspecified atom stereocenters. The molecule has 0 bridgehead atoms. The molecule has 1 atom stereocenters. The number of fused-ring (bicyclic) bond motifs is 1. The highest BCUT2D eigenvalue weighted by Crippen LogP contribution is 2.46. The molecule has 9 nitrogen and oxygen atoms in total. The normalized spacial score (nSPS) is 14.0. The molecule has 0 radical (unpaired) electrons. The van der Waals surface area contributed by atoms with Crippen molar-refractivity contribution >= 4 is 55.3 Å². The molecule has 1 N–H and O–H groups in total. The third-order valence-electron chi connectivity index (χ3n) is 7.40. The van der Waals surface area contributed by atoms with Crippen molar-refractivity contribution in [3.05, 3.63) is 64.4 Å². The average Bonchev–Trinajstić information content (AvgIpc) is 3.50. The Balaban J connectivity index is 1.54. The van der Waals surface area contributed by atoms with Crippen molar-refractivity contribution < 1.29 is 19.1 Å². The summed E-state index contributed by atoms with van der Waals surface area (Å²) in [7, 11) is 3.26. The number of halogens is 1. The molecule has 10 heteroatoms. The minimum absolute atomic E-state index is 0.143. The third-order valence-corrected chi connectivity index (χ3v) is 8.25. The topological polar surface area (TPSA) is 100 Å². The van der Waals surface area contributed by atoms with Gasteiger partial charge in [0, 0.05) is 50.9 Å². The van der Waals surface area contributed by atoms with Gasteiger partial charge in [0.15, 0.2) is 6.10 Å². The quantitative estimate of drug-likeness (QED) is 0.233. The highest BCUT2D eigenvalue weighted by molar-refractivity contribution is 9.10. The molecule has 41 heavy (non-hydrogen) atoms. The maximum atomic E-state index is 13.0. The number of hydrogen-bond acceptors (Lipinski definition) is 6. The number of methoxy groups -OCH3 is 1. The summed E-state index contributed by atoms with van der Waals surface area (Å²) in [5.74, 6) is -0.656. The number of nitrogens with zero attached hydrogens (tertiary/aromatic N) is 4. The number of carbonyl (C=O) groups is 2. The molecule has 3 aromatic heterocycles. The maximum absolute atomic E-state index is 13.0. The minimum Gasteiger partial charge on any atom is -0.467 e. The first-order valence-electron chi connectivity index (χ1n) is 13.3. The number of aryl methyl sites for hydroxylation is 1. The van der Waals surface area contributed by atoms with E-state index >= 15 is 0 Å². The van der Waals surface area contributed by atoms with Crippen LogP contribution < -0.4 is 5.32 Å². The predicted molar refractivity (Wildman–Crippen MR) is 162 cm³/mol. The number of aromatic nitrogens is 4. The second-order valence-corrected chi connectivity index (χ2v) is 12.1. The van der Waals surface area contributed by atoms with Gasteiger partial charge in [0.1, 0.15) is 6.54 Å². The zero-order valence-electron chi connectivity index (χ0n) is 23.7. The highest BCUT2D eigenvalue weighted by atomic mass is 79.9. The van der Waals surface area contributed by atoms with Crippen LogP contribution in [0.1, 0.15) is 38.0 Å². The lowest BCUT2D eigenvalue weighted by atomic mass is 9.97. The fourth-order valence-electron chi connectivity index (χ4n) is 5.55. The SMILES string of the molecule is COC(=O)[C@@H](OC(C)(C)C)c1c(C)c2c3c(cc(-c4ccnc(-c5ccc6c(cnn6C)c5)c4)n3CC(=O)N2)c1Br. The Kier molecular flexibility index (Phi) is 6.50. The van der Waals surface area contributed by atoms with Crippen LogP contribution in [0.4, 0.5) is 5.69 Å². The fourth-order valence-corrected chi connectivity index (χ4v) is 6.36. The number of amides is 1. The van der Waals surface area contributed by atoms with Crippen molar-refractivity contribution in [3.8, 4) is 22.5 Å². The van der Waals surface area contributed by atoms with Crippen LogP contribution >= 0.6 is 15.9 Å². The largest absolute Gasteiger partial charge is 0.467 e. The number of rotatable bonds is 5. The summed E-state index contributed by atoms with van der Waals surface area (Å²) in [5.41, 5.74) is 6.89. The van der Waals surface area contributed by atoms with Crippen molar-refractivity contribution in [3.63, 3.8) is 0 Å². The van der Waals surface area contributed by atoms with Crippen LogP contribution in [0, 0.1) is 6.92 Å². The summed E-state index contributed by atoms with van der Waals surface area (Å²) >= 11 is 3.80. The van der Waals surface area contributed by atoms with E-state index in [1.165, 1.54) is 7.11 Å². The van der Waals surface area contributed by atoms with E-state index in [1.807, 2.05) is 80.5 Å². The van der Waals surface area contributed by atoms with Crippen LogP contribution in [-0.4, -0.2) is 43.9 Å². The maximum Gasteiger partial charge on any atom is 0.339 e. The molecule has 1 aliphatic heterocycles. The summed E-state index contributed by atoms with van der Waals surface area (Å²) in [6.07, 6.45) is 2.63. The number of anilines is 1. The number of carbonyl (C=O) groups excluding carboxylic acids is 2. The van der Waals surface area contributed by atoms with Gasteiger partial charge in [-0.05, 0) is 79.5 Å². The molecule has 1 amide bonds. The van der Waals surface area contributed by atoms with Crippen LogP contribution in [0.25, 0.3) is 44.3 Å². The van der Waals surface area contributed by atoms with Crippen LogP contribution in [0.3, 0.4) is 0 Å². The monoisotopic (exact) mass is 615 g/mol. The van der Waals surface area contributed by atoms with Gasteiger partial charge in [-0.3, -0.25) is 14.5 Å². The smallest absolute Gasteiger partial charge is 0.339 e.